The summed E-state index contributed by atoms with van der Waals surface area (Å²) >= 11 is 3.90. The molecule has 0 radical (unpaired) electrons. The highest BCUT2D eigenvalue weighted by atomic mass is 127. The van der Waals surface area contributed by atoms with Gasteiger partial charge in [0.15, 0.2) is 0 Å². The van der Waals surface area contributed by atoms with E-state index < -0.39 is 0 Å². The molecular weight excluding hydrogens is 295 g/mol. The Kier molecular flexibility index (Phi) is 2.47. The van der Waals surface area contributed by atoms with Crippen molar-refractivity contribution in [2.75, 3.05) is 0 Å². The molecule has 0 fully saturated rings. The molecule has 68 valence electrons. The number of hydrogen-bond donors (Lipinski definition) is 1. The molecular formula is C10H9IOS. The van der Waals surface area contributed by atoms with E-state index in [-0.39, 0.29) is 0 Å². The first-order valence-corrected chi connectivity index (χ1v) is 6.07. The van der Waals surface area contributed by atoms with Gasteiger partial charge in [0.2, 0.25) is 0 Å². The lowest BCUT2D eigenvalue weighted by Gasteiger charge is -2.02. The van der Waals surface area contributed by atoms with Crippen LogP contribution in [0, 0.1) is 3.57 Å². The van der Waals surface area contributed by atoms with Crippen LogP contribution in [0.3, 0.4) is 0 Å². The fourth-order valence-corrected chi connectivity index (χ4v) is 3.53. The quantitative estimate of drug-likeness (QED) is 0.795. The minimum absolute atomic E-state index is 0.416. The summed E-state index contributed by atoms with van der Waals surface area (Å²) in [6, 6.07) is 4.22. The number of halogens is 1. The highest BCUT2D eigenvalue weighted by molar-refractivity contribution is 14.1. The van der Waals surface area contributed by atoms with Gasteiger partial charge in [-0.3, -0.25) is 0 Å². The van der Waals surface area contributed by atoms with E-state index in [1.807, 2.05) is 0 Å². The van der Waals surface area contributed by atoms with Crippen LogP contribution in [0.2, 0.25) is 0 Å². The molecule has 1 N–H and O–H groups in total. The van der Waals surface area contributed by atoms with Crippen molar-refractivity contribution in [3.05, 3.63) is 26.6 Å². The third kappa shape index (κ3) is 1.44. The zero-order valence-electron chi connectivity index (χ0n) is 7.17. The molecule has 1 nitrogen and oxygen atoms in total. The Bertz CT molecular complexity index is 447. The molecule has 0 saturated carbocycles. The number of hydrogen-bond acceptors (Lipinski definition) is 2. The van der Waals surface area contributed by atoms with Gasteiger partial charge < -0.3 is 5.11 Å². The SMILES string of the molecule is CCc1ccc2scc(O)c2c1I. The van der Waals surface area contributed by atoms with Gasteiger partial charge in [0.1, 0.15) is 5.75 Å². The highest BCUT2D eigenvalue weighted by Crippen LogP contribution is 2.36. The summed E-state index contributed by atoms with van der Waals surface area (Å²) in [7, 11) is 0. The number of benzene rings is 1. The molecule has 0 atom stereocenters. The zero-order valence-corrected chi connectivity index (χ0v) is 10.1. The van der Waals surface area contributed by atoms with E-state index in [9.17, 15) is 5.11 Å². The van der Waals surface area contributed by atoms with E-state index in [4.69, 9.17) is 0 Å². The molecule has 0 amide bonds. The van der Waals surface area contributed by atoms with E-state index in [1.165, 1.54) is 13.8 Å². The van der Waals surface area contributed by atoms with E-state index in [1.54, 1.807) is 16.7 Å². The fourth-order valence-electron chi connectivity index (χ4n) is 1.39. The summed E-state index contributed by atoms with van der Waals surface area (Å²) in [5, 5.41) is 12.4. The average molecular weight is 304 g/mol. The lowest BCUT2D eigenvalue weighted by atomic mass is 10.1. The van der Waals surface area contributed by atoms with Crippen LogP contribution < -0.4 is 0 Å². The molecule has 0 bridgehead atoms. The summed E-state index contributed by atoms with van der Waals surface area (Å²) in [5.41, 5.74) is 1.31. The van der Waals surface area contributed by atoms with Crippen LogP contribution in [0.5, 0.6) is 5.75 Å². The first-order valence-electron chi connectivity index (χ1n) is 4.11. The normalized spacial score (nSPS) is 10.9. The molecule has 0 aliphatic rings. The Morgan fingerprint density at radius 2 is 2.23 bits per heavy atom. The smallest absolute Gasteiger partial charge is 0.135 e. The number of fused-ring (bicyclic) bond motifs is 1. The number of aryl methyl sites for hydroxylation is 1. The molecule has 2 aromatic rings. The number of thiophene rings is 1. The van der Waals surface area contributed by atoms with Gasteiger partial charge in [0.05, 0.1) is 0 Å². The van der Waals surface area contributed by atoms with Gasteiger partial charge in [-0.1, -0.05) is 13.0 Å². The van der Waals surface area contributed by atoms with E-state index >= 15 is 0 Å². The second kappa shape index (κ2) is 3.46. The van der Waals surface area contributed by atoms with Gasteiger partial charge in [0, 0.05) is 19.0 Å². The van der Waals surface area contributed by atoms with Gasteiger partial charge in [-0.05, 0) is 40.6 Å². The lowest BCUT2D eigenvalue weighted by molar-refractivity contribution is 0.483. The van der Waals surface area contributed by atoms with Gasteiger partial charge in [-0.25, -0.2) is 0 Å². The monoisotopic (exact) mass is 304 g/mol. The van der Waals surface area contributed by atoms with Crippen LogP contribution >= 0.6 is 33.9 Å². The molecule has 1 heterocycles. The van der Waals surface area contributed by atoms with Crippen molar-refractivity contribution < 1.29 is 5.11 Å². The topological polar surface area (TPSA) is 20.2 Å². The molecule has 0 aliphatic heterocycles. The van der Waals surface area contributed by atoms with Crippen molar-refractivity contribution in [2.45, 2.75) is 13.3 Å². The molecule has 0 unspecified atom stereocenters. The van der Waals surface area contributed by atoms with Crippen LogP contribution in [0.15, 0.2) is 17.5 Å². The van der Waals surface area contributed by atoms with Crippen LogP contribution in [-0.2, 0) is 6.42 Å². The largest absolute Gasteiger partial charge is 0.506 e. The molecule has 0 aliphatic carbocycles. The standard InChI is InChI=1S/C10H9IOS/c1-2-6-3-4-8-9(10(6)11)7(12)5-13-8/h3-5,12H,2H2,1H3. The van der Waals surface area contributed by atoms with Crippen LogP contribution in [0.1, 0.15) is 12.5 Å². The minimum atomic E-state index is 0.416. The van der Waals surface area contributed by atoms with E-state index in [0.717, 1.165) is 11.8 Å². The zero-order chi connectivity index (χ0) is 9.42. The van der Waals surface area contributed by atoms with Crippen molar-refractivity contribution in [3.8, 4) is 5.75 Å². The van der Waals surface area contributed by atoms with Gasteiger partial charge in [-0.15, -0.1) is 11.3 Å². The van der Waals surface area contributed by atoms with Crippen LogP contribution in [0.4, 0.5) is 0 Å². The van der Waals surface area contributed by atoms with Crippen molar-refractivity contribution in [3.63, 3.8) is 0 Å². The summed E-state index contributed by atoms with van der Waals surface area (Å²) in [5.74, 6) is 0.416. The lowest BCUT2D eigenvalue weighted by Crippen LogP contribution is -1.85. The predicted molar refractivity (Wildman–Crippen MR) is 65.6 cm³/mol. The molecule has 13 heavy (non-hydrogen) atoms. The van der Waals surface area contributed by atoms with Crippen molar-refractivity contribution in [1.29, 1.82) is 0 Å². The summed E-state index contributed by atoms with van der Waals surface area (Å²) in [6.07, 6.45) is 1.02. The molecule has 0 saturated heterocycles. The van der Waals surface area contributed by atoms with Crippen molar-refractivity contribution in [2.24, 2.45) is 0 Å². The van der Waals surface area contributed by atoms with Crippen molar-refractivity contribution in [1.82, 2.24) is 0 Å². The number of aromatic hydroxyl groups is 1. The summed E-state index contributed by atoms with van der Waals surface area (Å²) < 4.78 is 2.36. The van der Waals surface area contributed by atoms with Gasteiger partial charge in [0.25, 0.3) is 0 Å². The second-order valence-electron chi connectivity index (χ2n) is 2.89. The summed E-state index contributed by atoms with van der Waals surface area (Å²) in [4.78, 5) is 0. The third-order valence-corrected chi connectivity index (χ3v) is 4.29. The minimum Gasteiger partial charge on any atom is -0.506 e. The Morgan fingerprint density at radius 1 is 1.46 bits per heavy atom. The molecule has 1 aromatic carbocycles. The predicted octanol–water partition coefficient (Wildman–Crippen LogP) is 3.77. The average Bonchev–Trinajstić information content (AvgIpc) is 2.49. The first-order chi connectivity index (χ1) is 6.24. The van der Waals surface area contributed by atoms with Gasteiger partial charge >= 0.3 is 0 Å². The Morgan fingerprint density at radius 3 is 2.92 bits per heavy atom. The Labute approximate surface area is 94.5 Å². The highest BCUT2D eigenvalue weighted by Gasteiger charge is 2.08. The number of rotatable bonds is 1. The maximum absolute atomic E-state index is 9.62. The molecule has 2 rings (SSSR count). The Hall–Kier alpha value is -0.290. The fraction of sp³-hybridized carbons (Fsp3) is 0.200. The summed E-state index contributed by atoms with van der Waals surface area (Å²) in [6.45, 7) is 2.13. The third-order valence-electron chi connectivity index (χ3n) is 2.12. The maximum Gasteiger partial charge on any atom is 0.135 e. The molecule has 1 aromatic heterocycles. The van der Waals surface area contributed by atoms with Crippen LogP contribution in [0.25, 0.3) is 10.1 Å². The van der Waals surface area contributed by atoms with Crippen LogP contribution in [-0.4, -0.2) is 5.11 Å². The van der Waals surface area contributed by atoms with Crippen molar-refractivity contribution >= 4 is 44.0 Å². The first kappa shape index (κ1) is 9.27. The maximum atomic E-state index is 9.62. The van der Waals surface area contributed by atoms with E-state index in [2.05, 4.69) is 41.6 Å². The Balaban J connectivity index is 2.83. The van der Waals surface area contributed by atoms with Gasteiger partial charge in [-0.2, -0.15) is 0 Å². The molecule has 0 spiro atoms. The molecule has 3 heteroatoms. The second-order valence-corrected chi connectivity index (χ2v) is 4.88. The van der Waals surface area contributed by atoms with E-state index in [0.29, 0.717) is 5.75 Å².